The van der Waals surface area contributed by atoms with Crippen LogP contribution in [0, 0.1) is 11.7 Å². The Kier molecular flexibility index (Phi) is 7.71. The molecular weight excluding hydrogens is 461 g/mol. The summed E-state index contributed by atoms with van der Waals surface area (Å²) in [5.41, 5.74) is 0.274. The lowest BCUT2D eigenvalue weighted by Gasteiger charge is -2.29. The molecule has 0 aromatic heterocycles. The highest BCUT2D eigenvalue weighted by molar-refractivity contribution is 7.90. The van der Waals surface area contributed by atoms with Gasteiger partial charge in [-0.2, -0.15) is 0 Å². The number of rotatable bonds is 9. The Bertz CT molecular complexity index is 1200. The number of benzene rings is 2. The third kappa shape index (κ3) is 5.27. The van der Waals surface area contributed by atoms with Crippen molar-refractivity contribution in [2.24, 2.45) is 5.92 Å². The van der Waals surface area contributed by atoms with Gasteiger partial charge in [0.1, 0.15) is 16.8 Å². The Labute approximate surface area is 198 Å². The number of sulfonamides is 1. The van der Waals surface area contributed by atoms with Gasteiger partial charge in [0.15, 0.2) is 0 Å². The first-order chi connectivity index (χ1) is 16.0. The van der Waals surface area contributed by atoms with E-state index in [0.29, 0.717) is 10.8 Å². The number of nitrogens with zero attached hydrogens (tertiary/aromatic N) is 2. The van der Waals surface area contributed by atoms with E-state index in [2.05, 4.69) is 5.32 Å². The zero-order valence-electron chi connectivity index (χ0n) is 19.3. The molecule has 182 valence electrons. The van der Waals surface area contributed by atoms with E-state index < -0.39 is 39.6 Å². The fraction of sp³-hybridized carbons (Fsp3) is 0.375. The molecule has 34 heavy (non-hydrogen) atoms. The van der Waals surface area contributed by atoms with Crippen LogP contribution in [0.15, 0.2) is 53.4 Å². The maximum Gasteiger partial charge on any atom is 0.269 e. The molecule has 10 heteroatoms. The number of hydrogen-bond donors (Lipinski definition) is 1. The Hall–Kier alpha value is -3.27. The summed E-state index contributed by atoms with van der Waals surface area (Å²) in [6.45, 7) is 5.23. The number of hydrogen-bond acceptors (Lipinski definition) is 5. The van der Waals surface area contributed by atoms with E-state index in [9.17, 15) is 27.2 Å². The van der Waals surface area contributed by atoms with Gasteiger partial charge in [0.2, 0.25) is 11.8 Å². The van der Waals surface area contributed by atoms with Crippen LogP contribution in [0.2, 0.25) is 0 Å². The van der Waals surface area contributed by atoms with Gasteiger partial charge in [-0.3, -0.25) is 14.4 Å². The highest BCUT2D eigenvalue weighted by atomic mass is 32.2. The minimum Gasteiger partial charge on any atom is -0.354 e. The average molecular weight is 490 g/mol. The number of amides is 3. The first-order valence-corrected chi connectivity index (χ1v) is 12.4. The number of carbonyl (C=O) groups is 3. The van der Waals surface area contributed by atoms with Gasteiger partial charge in [0, 0.05) is 31.6 Å². The highest BCUT2D eigenvalue weighted by Gasteiger charge is 2.41. The van der Waals surface area contributed by atoms with Crippen molar-refractivity contribution in [2.45, 2.75) is 44.7 Å². The minimum absolute atomic E-state index is 0.0552. The topological polar surface area (TPSA) is 104 Å². The summed E-state index contributed by atoms with van der Waals surface area (Å²) in [4.78, 5) is 39.6. The summed E-state index contributed by atoms with van der Waals surface area (Å²) < 4.78 is 40.5. The van der Waals surface area contributed by atoms with Gasteiger partial charge in [-0.05, 0) is 31.0 Å². The predicted molar refractivity (Wildman–Crippen MR) is 124 cm³/mol. The van der Waals surface area contributed by atoms with Crippen LogP contribution in [0.25, 0.3) is 0 Å². The molecule has 1 aliphatic rings. The van der Waals surface area contributed by atoms with Crippen LogP contribution in [-0.2, 0) is 26.2 Å². The second-order valence-electron chi connectivity index (χ2n) is 8.56. The van der Waals surface area contributed by atoms with Crippen LogP contribution in [-0.4, -0.2) is 54.5 Å². The van der Waals surface area contributed by atoms with E-state index in [4.69, 9.17) is 0 Å². The van der Waals surface area contributed by atoms with E-state index in [1.165, 1.54) is 48.2 Å². The minimum atomic E-state index is -4.06. The second kappa shape index (κ2) is 10.3. The van der Waals surface area contributed by atoms with E-state index in [0.717, 1.165) is 0 Å². The van der Waals surface area contributed by atoms with Crippen LogP contribution in [0.3, 0.4) is 0 Å². The summed E-state index contributed by atoms with van der Waals surface area (Å²) >= 11 is 0. The van der Waals surface area contributed by atoms with Crippen LogP contribution >= 0.6 is 0 Å². The quantitative estimate of drug-likeness (QED) is 0.583. The predicted octanol–water partition coefficient (Wildman–Crippen LogP) is 2.55. The molecule has 1 heterocycles. The molecule has 2 aromatic rings. The van der Waals surface area contributed by atoms with Gasteiger partial charge in [0.25, 0.3) is 15.9 Å². The van der Waals surface area contributed by atoms with Crippen molar-refractivity contribution in [3.8, 4) is 0 Å². The first-order valence-electron chi connectivity index (χ1n) is 11.0. The maximum absolute atomic E-state index is 14.3. The molecule has 0 saturated carbocycles. The maximum atomic E-state index is 14.3. The van der Waals surface area contributed by atoms with Gasteiger partial charge in [-0.1, -0.05) is 44.2 Å². The standard InChI is InChI=1S/C24H28FN3O5S/c1-16(2)14-26-23(30)17(3)27(15-18-8-4-6-10-20(18)25)22(29)12-13-28-24(31)19-9-5-7-11-21(19)34(28,32)33/h4-11,16-17H,12-15H2,1-3H3,(H,26,30). The van der Waals surface area contributed by atoms with E-state index in [1.807, 2.05) is 13.8 Å². The lowest BCUT2D eigenvalue weighted by molar-refractivity contribution is -0.140. The average Bonchev–Trinajstić information content (AvgIpc) is 3.00. The SMILES string of the molecule is CC(C)CNC(=O)C(C)N(Cc1ccccc1F)C(=O)CCN1C(=O)c2ccccc2S1(=O)=O. The fourth-order valence-corrected chi connectivity index (χ4v) is 5.21. The molecule has 1 aliphatic heterocycles. The van der Waals surface area contributed by atoms with Crippen LogP contribution in [0.5, 0.6) is 0 Å². The molecule has 1 N–H and O–H groups in total. The van der Waals surface area contributed by atoms with Gasteiger partial charge < -0.3 is 10.2 Å². The van der Waals surface area contributed by atoms with Crippen molar-refractivity contribution >= 4 is 27.7 Å². The molecule has 2 aromatic carbocycles. The molecule has 0 bridgehead atoms. The molecule has 0 fully saturated rings. The highest BCUT2D eigenvalue weighted by Crippen LogP contribution is 2.30. The zero-order chi connectivity index (χ0) is 25.0. The Morgan fingerprint density at radius 2 is 1.71 bits per heavy atom. The van der Waals surface area contributed by atoms with E-state index >= 15 is 0 Å². The second-order valence-corrected chi connectivity index (χ2v) is 10.4. The smallest absolute Gasteiger partial charge is 0.269 e. The van der Waals surface area contributed by atoms with E-state index in [1.54, 1.807) is 12.1 Å². The van der Waals surface area contributed by atoms with Crippen LogP contribution in [0.1, 0.15) is 43.1 Å². The molecular formula is C24H28FN3O5S. The largest absolute Gasteiger partial charge is 0.354 e. The summed E-state index contributed by atoms with van der Waals surface area (Å²) in [6.07, 6.45) is -0.352. The van der Waals surface area contributed by atoms with Gasteiger partial charge in [-0.15, -0.1) is 0 Å². The van der Waals surface area contributed by atoms with Crippen molar-refractivity contribution in [1.82, 2.24) is 14.5 Å². The third-order valence-electron chi connectivity index (χ3n) is 5.59. The first kappa shape index (κ1) is 25.4. The van der Waals surface area contributed by atoms with Crippen molar-refractivity contribution < 1.29 is 27.2 Å². The Morgan fingerprint density at radius 3 is 2.35 bits per heavy atom. The lowest BCUT2D eigenvalue weighted by atomic mass is 10.1. The van der Waals surface area contributed by atoms with Crippen molar-refractivity contribution in [3.05, 3.63) is 65.5 Å². The number of carbonyl (C=O) groups excluding carboxylic acids is 3. The number of nitrogens with one attached hydrogen (secondary N) is 1. The molecule has 1 atom stereocenters. The van der Waals surface area contributed by atoms with Crippen molar-refractivity contribution in [3.63, 3.8) is 0 Å². The number of halogens is 1. The molecule has 1 unspecified atom stereocenters. The lowest BCUT2D eigenvalue weighted by Crippen LogP contribution is -2.49. The Balaban J connectivity index is 1.79. The third-order valence-corrected chi connectivity index (χ3v) is 7.43. The molecule has 0 aliphatic carbocycles. The summed E-state index contributed by atoms with van der Waals surface area (Å²) in [5, 5.41) is 2.76. The molecule has 0 radical (unpaired) electrons. The van der Waals surface area contributed by atoms with Gasteiger partial charge in [-0.25, -0.2) is 17.1 Å². The van der Waals surface area contributed by atoms with Crippen LogP contribution in [0.4, 0.5) is 4.39 Å². The Morgan fingerprint density at radius 1 is 1.06 bits per heavy atom. The molecule has 0 saturated heterocycles. The van der Waals surface area contributed by atoms with Crippen molar-refractivity contribution in [2.75, 3.05) is 13.1 Å². The molecule has 0 spiro atoms. The van der Waals surface area contributed by atoms with Gasteiger partial charge in [0.05, 0.1) is 5.56 Å². The monoisotopic (exact) mass is 489 g/mol. The molecule has 3 amide bonds. The van der Waals surface area contributed by atoms with Gasteiger partial charge >= 0.3 is 0 Å². The summed E-state index contributed by atoms with van der Waals surface area (Å²) in [6, 6.07) is 10.8. The zero-order valence-corrected chi connectivity index (χ0v) is 20.1. The fourth-order valence-electron chi connectivity index (χ4n) is 3.64. The normalized spacial score (nSPS) is 15.2. The van der Waals surface area contributed by atoms with Crippen molar-refractivity contribution in [1.29, 1.82) is 0 Å². The van der Waals surface area contributed by atoms with E-state index in [-0.39, 0.29) is 41.5 Å². The summed E-state index contributed by atoms with van der Waals surface area (Å²) in [5.74, 6) is -2.01. The van der Waals surface area contributed by atoms with Crippen LogP contribution < -0.4 is 5.32 Å². The molecule has 3 rings (SSSR count). The summed E-state index contributed by atoms with van der Waals surface area (Å²) in [7, 11) is -4.06. The molecule has 8 nitrogen and oxygen atoms in total. The number of fused-ring (bicyclic) bond motifs is 1.